The molecule has 1 aromatic carbocycles. The van der Waals surface area contributed by atoms with Crippen LogP contribution in [0.1, 0.15) is 78.6 Å². The van der Waals surface area contributed by atoms with Crippen molar-refractivity contribution in [1.29, 1.82) is 0 Å². The maximum absolute atomic E-state index is 13.1. The SMILES string of the molecule is CCOC(=O)c1c(NC(=O)c2ccccc2OC(C)=O)sc2c1CCC(C(C)(C)CC)C2. The summed E-state index contributed by atoms with van der Waals surface area (Å²) in [5.74, 6) is -0.657. The Kier molecular flexibility index (Phi) is 7.39. The maximum atomic E-state index is 13.1. The van der Waals surface area contributed by atoms with Crippen LogP contribution < -0.4 is 10.1 Å². The highest BCUT2D eigenvalue weighted by molar-refractivity contribution is 7.17. The van der Waals surface area contributed by atoms with Gasteiger partial charge in [-0.2, -0.15) is 0 Å². The number of carbonyl (C=O) groups is 3. The molecule has 1 heterocycles. The lowest BCUT2D eigenvalue weighted by molar-refractivity contribution is -0.131. The molecule has 1 aromatic heterocycles. The molecule has 172 valence electrons. The summed E-state index contributed by atoms with van der Waals surface area (Å²) in [5, 5.41) is 3.38. The first-order valence-electron chi connectivity index (χ1n) is 11.1. The van der Waals surface area contributed by atoms with Crippen molar-refractivity contribution in [2.75, 3.05) is 11.9 Å². The number of nitrogens with one attached hydrogen (secondary N) is 1. The Morgan fingerprint density at radius 3 is 2.56 bits per heavy atom. The van der Waals surface area contributed by atoms with Crippen LogP contribution in [0.4, 0.5) is 5.00 Å². The molecule has 1 amide bonds. The molecule has 0 aliphatic heterocycles. The number of esters is 2. The first kappa shape index (κ1) is 24.0. The van der Waals surface area contributed by atoms with Crippen LogP contribution in [0.2, 0.25) is 0 Å². The van der Waals surface area contributed by atoms with Crippen molar-refractivity contribution < 1.29 is 23.9 Å². The standard InChI is InChI=1S/C25H31NO5S/c1-6-25(4,5)16-12-13-18-20(14-16)32-23(21(18)24(29)30-7-2)26-22(28)17-10-8-9-11-19(17)31-15(3)27/h8-11,16H,6-7,12-14H2,1-5H3,(H,26,28). The van der Waals surface area contributed by atoms with Gasteiger partial charge in [0.15, 0.2) is 0 Å². The van der Waals surface area contributed by atoms with Crippen LogP contribution in [-0.2, 0) is 22.4 Å². The lowest BCUT2D eigenvalue weighted by Crippen LogP contribution is -2.28. The zero-order valence-corrected chi connectivity index (χ0v) is 20.2. The van der Waals surface area contributed by atoms with E-state index in [1.807, 2.05) is 0 Å². The van der Waals surface area contributed by atoms with Gasteiger partial charge in [-0.3, -0.25) is 9.59 Å². The molecule has 6 nitrogen and oxygen atoms in total. The molecule has 32 heavy (non-hydrogen) atoms. The van der Waals surface area contributed by atoms with Gasteiger partial charge in [0, 0.05) is 11.8 Å². The van der Waals surface area contributed by atoms with Gasteiger partial charge in [-0.15, -0.1) is 11.3 Å². The van der Waals surface area contributed by atoms with Crippen molar-refractivity contribution in [3.8, 4) is 5.75 Å². The quantitative estimate of drug-likeness (QED) is 0.430. The van der Waals surface area contributed by atoms with E-state index in [9.17, 15) is 14.4 Å². The smallest absolute Gasteiger partial charge is 0.341 e. The number of amides is 1. The van der Waals surface area contributed by atoms with Gasteiger partial charge in [-0.05, 0) is 55.2 Å². The minimum absolute atomic E-state index is 0.182. The molecule has 0 radical (unpaired) electrons. The number of hydrogen-bond acceptors (Lipinski definition) is 6. The summed E-state index contributed by atoms with van der Waals surface area (Å²) in [6.45, 7) is 10.1. The summed E-state index contributed by atoms with van der Waals surface area (Å²) in [4.78, 5) is 38.5. The van der Waals surface area contributed by atoms with Crippen LogP contribution in [0.3, 0.4) is 0 Å². The number of thiophene rings is 1. The van der Waals surface area contributed by atoms with Crippen molar-refractivity contribution >= 4 is 34.2 Å². The van der Waals surface area contributed by atoms with E-state index in [-0.39, 0.29) is 23.3 Å². The van der Waals surface area contributed by atoms with E-state index >= 15 is 0 Å². The monoisotopic (exact) mass is 457 g/mol. The Labute approximate surface area is 193 Å². The van der Waals surface area contributed by atoms with Crippen LogP contribution in [0.15, 0.2) is 24.3 Å². The first-order chi connectivity index (χ1) is 15.2. The second-order valence-electron chi connectivity index (χ2n) is 8.75. The molecule has 0 bridgehead atoms. The van der Waals surface area contributed by atoms with Gasteiger partial charge < -0.3 is 14.8 Å². The number of carbonyl (C=O) groups excluding carboxylic acids is 3. The number of hydrogen-bond donors (Lipinski definition) is 1. The molecule has 1 aliphatic rings. The zero-order valence-electron chi connectivity index (χ0n) is 19.4. The minimum Gasteiger partial charge on any atom is -0.462 e. The second kappa shape index (κ2) is 9.86. The predicted molar refractivity (Wildman–Crippen MR) is 126 cm³/mol. The summed E-state index contributed by atoms with van der Waals surface area (Å²) in [6.07, 6.45) is 3.75. The summed E-state index contributed by atoms with van der Waals surface area (Å²) in [6, 6.07) is 6.55. The topological polar surface area (TPSA) is 81.7 Å². The number of fused-ring (bicyclic) bond motifs is 1. The fourth-order valence-corrected chi connectivity index (χ4v) is 5.43. The molecule has 1 atom stereocenters. The number of benzene rings is 1. The van der Waals surface area contributed by atoms with E-state index in [1.165, 1.54) is 18.3 Å². The molecule has 1 N–H and O–H groups in total. The minimum atomic E-state index is -0.506. The van der Waals surface area contributed by atoms with Crippen molar-refractivity contribution in [2.45, 2.75) is 60.3 Å². The number of anilines is 1. The summed E-state index contributed by atoms with van der Waals surface area (Å²) in [7, 11) is 0. The average molecular weight is 458 g/mol. The van der Waals surface area contributed by atoms with Crippen molar-refractivity contribution in [3.63, 3.8) is 0 Å². The van der Waals surface area contributed by atoms with E-state index in [2.05, 4.69) is 26.1 Å². The molecule has 7 heteroatoms. The van der Waals surface area contributed by atoms with Crippen molar-refractivity contribution in [1.82, 2.24) is 0 Å². The lowest BCUT2D eigenvalue weighted by atomic mass is 9.69. The van der Waals surface area contributed by atoms with Gasteiger partial charge in [0.2, 0.25) is 0 Å². The van der Waals surface area contributed by atoms with E-state index in [1.54, 1.807) is 31.2 Å². The van der Waals surface area contributed by atoms with E-state index < -0.39 is 17.8 Å². The highest BCUT2D eigenvalue weighted by atomic mass is 32.1. The maximum Gasteiger partial charge on any atom is 0.341 e. The van der Waals surface area contributed by atoms with Gasteiger partial charge in [-0.25, -0.2) is 4.79 Å². The van der Waals surface area contributed by atoms with Crippen LogP contribution in [0.5, 0.6) is 5.75 Å². The number of ether oxygens (including phenoxy) is 2. The normalized spacial score (nSPS) is 15.6. The average Bonchev–Trinajstić information content (AvgIpc) is 3.10. The van der Waals surface area contributed by atoms with E-state index in [0.717, 1.165) is 36.1 Å². The summed E-state index contributed by atoms with van der Waals surface area (Å²) >= 11 is 1.45. The van der Waals surface area contributed by atoms with E-state index in [0.29, 0.717) is 16.5 Å². The largest absolute Gasteiger partial charge is 0.462 e. The number of para-hydroxylation sites is 1. The third kappa shape index (κ3) is 5.04. The highest BCUT2D eigenvalue weighted by Crippen LogP contribution is 2.45. The summed E-state index contributed by atoms with van der Waals surface area (Å²) < 4.78 is 10.5. The van der Waals surface area contributed by atoms with Gasteiger partial charge >= 0.3 is 11.9 Å². The predicted octanol–water partition coefficient (Wildman–Crippen LogP) is 5.64. The van der Waals surface area contributed by atoms with Crippen LogP contribution >= 0.6 is 11.3 Å². The Morgan fingerprint density at radius 1 is 1.19 bits per heavy atom. The highest BCUT2D eigenvalue weighted by Gasteiger charge is 2.36. The van der Waals surface area contributed by atoms with Crippen LogP contribution in [-0.4, -0.2) is 24.5 Å². The lowest BCUT2D eigenvalue weighted by Gasteiger charge is -2.36. The first-order valence-corrected chi connectivity index (χ1v) is 11.9. The molecule has 0 saturated heterocycles. The fourth-order valence-electron chi connectivity index (χ4n) is 4.12. The Morgan fingerprint density at radius 2 is 1.91 bits per heavy atom. The van der Waals surface area contributed by atoms with Crippen molar-refractivity contribution in [2.24, 2.45) is 11.3 Å². The van der Waals surface area contributed by atoms with E-state index in [4.69, 9.17) is 9.47 Å². The molecule has 0 saturated carbocycles. The molecule has 1 aliphatic carbocycles. The van der Waals surface area contributed by atoms with Gasteiger partial charge in [0.05, 0.1) is 17.7 Å². The molecular formula is C25H31NO5S. The molecule has 2 aromatic rings. The fraction of sp³-hybridized carbons (Fsp3) is 0.480. The van der Waals surface area contributed by atoms with Crippen molar-refractivity contribution in [3.05, 3.63) is 45.8 Å². The molecule has 0 spiro atoms. The molecular weight excluding hydrogens is 426 g/mol. The molecule has 0 fully saturated rings. The third-order valence-electron chi connectivity index (χ3n) is 6.37. The number of rotatable bonds is 7. The Bertz CT molecular complexity index is 1020. The summed E-state index contributed by atoms with van der Waals surface area (Å²) in [5.41, 5.74) is 1.88. The molecule has 3 rings (SSSR count). The van der Waals surface area contributed by atoms with Crippen LogP contribution in [0, 0.1) is 11.3 Å². The molecule has 1 unspecified atom stereocenters. The van der Waals surface area contributed by atoms with Gasteiger partial charge in [-0.1, -0.05) is 39.3 Å². The third-order valence-corrected chi connectivity index (χ3v) is 7.54. The Hall–Kier alpha value is -2.67. The van der Waals surface area contributed by atoms with Crippen LogP contribution in [0.25, 0.3) is 0 Å². The Balaban J connectivity index is 1.96. The van der Waals surface area contributed by atoms with Gasteiger partial charge in [0.1, 0.15) is 10.8 Å². The zero-order chi connectivity index (χ0) is 23.5. The second-order valence-corrected chi connectivity index (χ2v) is 9.86. The van der Waals surface area contributed by atoms with Gasteiger partial charge in [0.25, 0.3) is 5.91 Å².